The molecule has 0 aromatic rings. The molecule has 1 rings (SSSR count). The molecule has 4 nitrogen and oxygen atoms in total. The summed E-state index contributed by atoms with van der Waals surface area (Å²) in [6, 6.07) is 0. The van der Waals surface area contributed by atoms with Gasteiger partial charge in [-0.15, -0.1) is 12.8 Å². The van der Waals surface area contributed by atoms with Gasteiger partial charge in [0, 0.05) is 24.3 Å². The number of aliphatic hydroxyl groups is 2. The maximum Gasteiger partial charge on any atom is 0.305 e. The van der Waals surface area contributed by atoms with Crippen LogP contribution in [-0.4, -0.2) is 47.0 Å². The van der Waals surface area contributed by atoms with Crippen LogP contribution >= 0.6 is 21.6 Å². The van der Waals surface area contributed by atoms with Gasteiger partial charge in [-0.3, -0.25) is 4.79 Å². The van der Waals surface area contributed by atoms with E-state index in [-0.39, 0.29) is 19.2 Å². The van der Waals surface area contributed by atoms with E-state index in [0.29, 0.717) is 12.8 Å². The summed E-state index contributed by atoms with van der Waals surface area (Å²) in [7, 11) is 3.98. The SMILES string of the molecule is C#C.C1CSSC1.CCCCC(=O)OCC[C@H](O)CO. The Morgan fingerprint density at radius 2 is 1.95 bits per heavy atom. The number of esters is 1. The Morgan fingerprint density at radius 1 is 1.35 bits per heavy atom. The van der Waals surface area contributed by atoms with Gasteiger partial charge >= 0.3 is 5.97 Å². The molecule has 6 heteroatoms. The lowest BCUT2D eigenvalue weighted by molar-refractivity contribution is -0.144. The molecule has 1 atom stereocenters. The topological polar surface area (TPSA) is 66.8 Å². The molecule has 1 aliphatic heterocycles. The smallest absolute Gasteiger partial charge is 0.305 e. The van der Waals surface area contributed by atoms with E-state index < -0.39 is 6.10 Å². The van der Waals surface area contributed by atoms with Crippen LogP contribution in [-0.2, 0) is 9.53 Å². The van der Waals surface area contributed by atoms with Crippen molar-refractivity contribution in [1.29, 1.82) is 0 Å². The van der Waals surface area contributed by atoms with Crippen molar-refractivity contribution in [2.45, 2.75) is 45.1 Å². The minimum Gasteiger partial charge on any atom is -0.466 e. The predicted molar refractivity (Wildman–Crippen MR) is 87.6 cm³/mol. The average Bonchev–Trinajstić information content (AvgIpc) is 3.06. The van der Waals surface area contributed by atoms with Crippen LogP contribution in [0.5, 0.6) is 0 Å². The molecule has 0 aromatic carbocycles. The van der Waals surface area contributed by atoms with E-state index in [1.807, 2.05) is 28.5 Å². The molecule has 118 valence electrons. The first-order chi connectivity index (χ1) is 9.70. The van der Waals surface area contributed by atoms with Crippen LogP contribution in [0.15, 0.2) is 0 Å². The minimum absolute atomic E-state index is 0.185. The molecule has 1 fully saturated rings. The molecule has 0 amide bonds. The number of carbonyl (C=O) groups excluding carboxylic acids is 1. The van der Waals surface area contributed by atoms with E-state index >= 15 is 0 Å². The van der Waals surface area contributed by atoms with Gasteiger partial charge in [0.1, 0.15) is 0 Å². The molecule has 0 radical (unpaired) electrons. The van der Waals surface area contributed by atoms with Crippen molar-refractivity contribution in [3.05, 3.63) is 0 Å². The molecule has 0 saturated carbocycles. The second-order valence-corrected chi connectivity index (χ2v) is 6.65. The van der Waals surface area contributed by atoms with Crippen molar-refractivity contribution in [3.63, 3.8) is 0 Å². The average molecular weight is 322 g/mol. The van der Waals surface area contributed by atoms with Crippen LogP contribution in [0.25, 0.3) is 0 Å². The molecule has 0 aromatic heterocycles. The monoisotopic (exact) mass is 322 g/mol. The van der Waals surface area contributed by atoms with Crippen molar-refractivity contribution in [3.8, 4) is 12.8 Å². The number of aliphatic hydroxyl groups excluding tert-OH is 2. The third kappa shape index (κ3) is 17.6. The lowest BCUT2D eigenvalue weighted by Crippen LogP contribution is -2.16. The molecular formula is C14H26O4S2. The van der Waals surface area contributed by atoms with Gasteiger partial charge < -0.3 is 14.9 Å². The normalized spacial score (nSPS) is 14.2. The number of hydrogen-bond acceptors (Lipinski definition) is 6. The van der Waals surface area contributed by atoms with E-state index in [4.69, 9.17) is 14.9 Å². The van der Waals surface area contributed by atoms with Crippen LogP contribution in [0.3, 0.4) is 0 Å². The largest absolute Gasteiger partial charge is 0.466 e. The predicted octanol–water partition coefficient (Wildman–Crippen LogP) is 2.48. The fourth-order valence-corrected chi connectivity index (χ4v) is 3.45. The Bertz CT molecular complexity index is 223. The first-order valence-corrected chi connectivity index (χ1v) is 9.21. The summed E-state index contributed by atoms with van der Waals surface area (Å²) in [6.45, 7) is 1.90. The quantitative estimate of drug-likeness (QED) is 0.426. The molecule has 0 spiro atoms. The summed E-state index contributed by atoms with van der Waals surface area (Å²) < 4.78 is 4.81. The molecule has 0 unspecified atom stereocenters. The van der Waals surface area contributed by atoms with Gasteiger partial charge in [0.25, 0.3) is 0 Å². The van der Waals surface area contributed by atoms with E-state index in [0.717, 1.165) is 12.8 Å². The van der Waals surface area contributed by atoms with Crippen molar-refractivity contribution in [2.24, 2.45) is 0 Å². The number of ether oxygens (including phenoxy) is 1. The van der Waals surface area contributed by atoms with Gasteiger partial charge in [-0.1, -0.05) is 34.9 Å². The number of hydrogen-bond donors (Lipinski definition) is 2. The van der Waals surface area contributed by atoms with Crippen LogP contribution in [0.2, 0.25) is 0 Å². The Balaban J connectivity index is 0. The summed E-state index contributed by atoms with van der Waals surface area (Å²) in [5.41, 5.74) is 0. The highest BCUT2D eigenvalue weighted by atomic mass is 33.1. The molecule has 20 heavy (non-hydrogen) atoms. The maximum absolute atomic E-state index is 10.9. The van der Waals surface area contributed by atoms with Crippen LogP contribution < -0.4 is 0 Å². The van der Waals surface area contributed by atoms with Crippen LogP contribution in [0.4, 0.5) is 0 Å². The zero-order chi connectivity index (χ0) is 15.6. The number of carbonyl (C=O) groups is 1. The van der Waals surface area contributed by atoms with E-state index in [2.05, 4.69) is 12.8 Å². The molecule has 1 aliphatic rings. The van der Waals surface area contributed by atoms with Gasteiger partial charge in [-0.05, 0) is 12.8 Å². The summed E-state index contributed by atoms with van der Waals surface area (Å²) in [4.78, 5) is 10.9. The van der Waals surface area contributed by atoms with Gasteiger partial charge in [0.2, 0.25) is 0 Å². The molecule has 1 heterocycles. The van der Waals surface area contributed by atoms with Gasteiger partial charge in [-0.2, -0.15) is 0 Å². The Kier molecular flexibility index (Phi) is 20.5. The van der Waals surface area contributed by atoms with Gasteiger partial charge in [0.05, 0.1) is 19.3 Å². The van der Waals surface area contributed by atoms with E-state index in [1.165, 1.54) is 17.9 Å². The molecule has 0 bridgehead atoms. The van der Waals surface area contributed by atoms with Crippen molar-refractivity contribution in [2.75, 3.05) is 24.7 Å². The Labute approximate surface area is 130 Å². The second kappa shape index (κ2) is 18.7. The van der Waals surface area contributed by atoms with E-state index in [9.17, 15) is 4.79 Å². The first-order valence-electron chi connectivity index (χ1n) is 6.73. The highest BCUT2D eigenvalue weighted by Crippen LogP contribution is 2.29. The number of terminal acetylenes is 1. The second-order valence-electron chi connectivity index (χ2n) is 3.95. The zero-order valence-electron chi connectivity index (χ0n) is 12.1. The molecule has 2 N–H and O–H groups in total. The third-order valence-corrected chi connectivity index (χ3v) is 4.78. The summed E-state index contributed by atoms with van der Waals surface area (Å²) in [5, 5.41) is 17.4. The fourth-order valence-electron chi connectivity index (χ4n) is 1.09. The lowest BCUT2D eigenvalue weighted by atomic mass is 10.2. The summed E-state index contributed by atoms with van der Waals surface area (Å²) in [5.74, 6) is 2.53. The number of unbranched alkanes of at least 4 members (excludes halogenated alkanes) is 1. The highest BCUT2D eigenvalue weighted by molar-refractivity contribution is 8.77. The molecule has 1 saturated heterocycles. The van der Waals surface area contributed by atoms with Crippen molar-refractivity contribution in [1.82, 2.24) is 0 Å². The maximum atomic E-state index is 10.9. The van der Waals surface area contributed by atoms with E-state index in [1.54, 1.807) is 0 Å². The fraction of sp³-hybridized carbons (Fsp3) is 0.786. The minimum atomic E-state index is -0.779. The lowest BCUT2D eigenvalue weighted by Gasteiger charge is -2.07. The zero-order valence-corrected chi connectivity index (χ0v) is 13.8. The van der Waals surface area contributed by atoms with Gasteiger partial charge in [0.15, 0.2) is 0 Å². The molecule has 0 aliphatic carbocycles. The van der Waals surface area contributed by atoms with Crippen molar-refractivity contribution < 1.29 is 19.7 Å². The van der Waals surface area contributed by atoms with Crippen LogP contribution in [0.1, 0.15) is 39.0 Å². The van der Waals surface area contributed by atoms with Crippen molar-refractivity contribution >= 4 is 27.6 Å². The standard InChI is InChI=1S/C9H18O4.C3H6S2.C2H2/c1-2-3-4-9(12)13-6-5-8(11)7-10;1-2-4-5-3-1;1-2/h8,10-11H,2-7H2,1H3;1-3H2;1-2H/t8-;;/m0../s1. The Morgan fingerprint density at radius 3 is 2.35 bits per heavy atom. The Hall–Kier alpha value is -0.350. The summed E-state index contributed by atoms with van der Waals surface area (Å²) in [6.07, 6.45) is 11.2. The van der Waals surface area contributed by atoms with Crippen LogP contribution in [0, 0.1) is 12.8 Å². The molecular weight excluding hydrogens is 296 g/mol. The third-order valence-electron chi connectivity index (χ3n) is 2.20. The summed E-state index contributed by atoms with van der Waals surface area (Å²) >= 11 is 0. The highest BCUT2D eigenvalue weighted by Gasteiger charge is 2.05. The first kappa shape index (κ1) is 21.9. The van der Waals surface area contributed by atoms with Gasteiger partial charge in [-0.25, -0.2) is 0 Å². The number of rotatable bonds is 7.